The lowest BCUT2D eigenvalue weighted by Crippen LogP contribution is -2.31. The summed E-state index contributed by atoms with van der Waals surface area (Å²) in [6, 6.07) is 8.82. The second kappa shape index (κ2) is 12.7. The minimum absolute atomic E-state index is 0.00590. The zero-order chi connectivity index (χ0) is 27.1. The molecule has 0 aliphatic carbocycles. The summed E-state index contributed by atoms with van der Waals surface area (Å²) in [5.74, 6) is -0.760. The number of carbonyl (C=O) groups excluding carboxylic acids is 3. The van der Waals surface area contributed by atoms with Gasteiger partial charge in [0.25, 0.3) is 11.8 Å². The van der Waals surface area contributed by atoms with Crippen LogP contribution in [0.15, 0.2) is 30.3 Å². The number of nitrogens with zero attached hydrogens (tertiary/aromatic N) is 1. The number of imide groups is 1. The van der Waals surface area contributed by atoms with Crippen LogP contribution in [0.5, 0.6) is 5.75 Å². The highest BCUT2D eigenvalue weighted by Gasteiger charge is 2.40. The molecule has 0 aromatic heterocycles. The molecule has 0 saturated heterocycles. The van der Waals surface area contributed by atoms with Crippen LogP contribution >= 0.6 is 0 Å². The first-order chi connectivity index (χ1) is 17.7. The van der Waals surface area contributed by atoms with E-state index >= 15 is 0 Å². The minimum Gasteiger partial charge on any atom is -0.488 e. The molecular weight excluding hydrogens is 476 g/mol. The molecular formula is C28H36N2O7. The third-order valence-corrected chi connectivity index (χ3v) is 6.07. The maximum Gasteiger partial charge on any atom is 0.308 e. The Bertz CT molecular complexity index is 1120. The topological polar surface area (TPSA) is 117 Å². The summed E-state index contributed by atoms with van der Waals surface area (Å²) in [6.07, 6.45) is 0.118. The van der Waals surface area contributed by atoms with E-state index in [9.17, 15) is 14.4 Å². The van der Waals surface area contributed by atoms with Gasteiger partial charge in [-0.1, -0.05) is 45.9 Å². The summed E-state index contributed by atoms with van der Waals surface area (Å²) in [7, 11) is 1.57. The number of benzene rings is 2. The molecule has 37 heavy (non-hydrogen) atoms. The van der Waals surface area contributed by atoms with E-state index < -0.39 is 17.8 Å². The van der Waals surface area contributed by atoms with Gasteiger partial charge in [0.1, 0.15) is 19.0 Å². The second-order valence-electron chi connectivity index (χ2n) is 9.40. The lowest BCUT2D eigenvalue weighted by atomic mass is 9.92. The first-order valence-corrected chi connectivity index (χ1v) is 12.5. The summed E-state index contributed by atoms with van der Waals surface area (Å²) in [5.41, 5.74) is 9.33. The molecule has 2 N–H and O–H groups in total. The lowest BCUT2D eigenvalue weighted by molar-refractivity contribution is -0.145. The summed E-state index contributed by atoms with van der Waals surface area (Å²) < 4.78 is 20.9. The molecule has 1 heterocycles. The molecule has 9 heteroatoms. The van der Waals surface area contributed by atoms with Crippen LogP contribution in [0.2, 0.25) is 0 Å². The zero-order valence-corrected chi connectivity index (χ0v) is 22.2. The summed E-state index contributed by atoms with van der Waals surface area (Å²) >= 11 is 0. The zero-order valence-electron chi connectivity index (χ0n) is 22.2. The summed E-state index contributed by atoms with van der Waals surface area (Å²) in [5, 5.41) is 0. The highest BCUT2D eigenvalue weighted by atomic mass is 16.6. The van der Waals surface area contributed by atoms with Gasteiger partial charge in [0.05, 0.1) is 48.7 Å². The third-order valence-electron chi connectivity index (χ3n) is 6.07. The van der Waals surface area contributed by atoms with Gasteiger partial charge in [-0.3, -0.25) is 14.4 Å². The molecule has 0 radical (unpaired) electrons. The predicted octanol–water partition coefficient (Wildman–Crippen LogP) is 4.29. The number of ether oxygens (including phenoxy) is 4. The Morgan fingerprint density at radius 2 is 1.51 bits per heavy atom. The van der Waals surface area contributed by atoms with Crippen LogP contribution in [0, 0.1) is 0 Å². The second-order valence-corrected chi connectivity index (χ2v) is 9.40. The molecule has 0 fully saturated rings. The van der Waals surface area contributed by atoms with Crippen molar-refractivity contribution in [3.63, 3.8) is 0 Å². The number of esters is 1. The van der Waals surface area contributed by atoms with Crippen molar-refractivity contribution in [2.24, 2.45) is 0 Å². The largest absolute Gasteiger partial charge is 0.488 e. The molecule has 0 unspecified atom stereocenters. The van der Waals surface area contributed by atoms with Crippen LogP contribution in [0.4, 0.5) is 11.4 Å². The Hall–Kier alpha value is -3.43. The Morgan fingerprint density at radius 1 is 0.892 bits per heavy atom. The van der Waals surface area contributed by atoms with Gasteiger partial charge in [-0.2, -0.15) is 0 Å². The fourth-order valence-corrected chi connectivity index (χ4v) is 4.16. The third kappa shape index (κ3) is 6.47. The van der Waals surface area contributed by atoms with Crippen LogP contribution in [-0.4, -0.2) is 57.9 Å². The Labute approximate surface area is 217 Å². The Kier molecular flexibility index (Phi) is 9.66. The van der Waals surface area contributed by atoms with Gasteiger partial charge in [-0.05, 0) is 35.1 Å². The normalized spacial score (nSPS) is 13.0. The van der Waals surface area contributed by atoms with Gasteiger partial charge in [0.15, 0.2) is 0 Å². The van der Waals surface area contributed by atoms with Crippen molar-refractivity contribution < 1.29 is 33.3 Å². The van der Waals surface area contributed by atoms with Crippen molar-refractivity contribution >= 4 is 29.2 Å². The van der Waals surface area contributed by atoms with Gasteiger partial charge >= 0.3 is 5.97 Å². The van der Waals surface area contributed by atoms with Gasteiger partial charge < -0.3 is 24.7 Å². The molecule has 3 rings (SSSR count). The van der Waals surface area contributed by atoms with E-state index in [1.807, 2.05) is 45.9 Å². The molecule has 1 aliphatic heterocycles. The minimum atomic E-state index is -0.417. The van der Waals surface area contributed by atoms with E-state index in [0.717, 1.165) is 11.1 Å². The number of nitrogen functional groups attached to an aromatic ring is 1. The maximum absolute atomic E-state index is 13.5. The van der Waals surface area contributed by atoms with E-state index in [4.69, 9.17) is 24.7 Å². The van der Waals surface area contributed by atoms with E-state index in [1.54, 1.807) is 7.11 Å². The summed E-state index contributed by atoms with van der Waals surface area (Å²) in [6.45, 7) is 9.29. The Balaban J connectivity index is 1.71. The van der Waals surface area contributed by atoms with Gasteiger partial charge in [-0.25, -0.2) is 4.90 Å². The van der Waals surface area contributed by atoms with Crippen molar-refractivity contribution in [1.29, 1.82) is 0 Å². The highest BCUT2D eigenvalue weighted by Crippen LogP contribution is 2.41. The fourth-order valence-electron chi connectivity index (χ4n) is 4.16. The first-order valence-electron chi connectivity index (χ1n) is 12.5. The van der Waals surface area contributed by atoms with E-state index in [2.05, 4.69) is 0 Å². The Morgan fingerprint density at radius 3 is 2.11 bits per heavy atom. The van der Waals surface area contributed by atoms with Crippen LogP contribution < -0.4 is 15.4 Å². The van der Waals surface area contributed by atoms with E-state index in [0.29, 0.717) is 18.9 Å². The molecule has 200 valence electrons. The van der Waals surface area contributed by atoms with Crippen LogP contribution in [0.3, 0.4) is 0 Å². The number of anilines is 2. The number of hydrogen-bond acceptors (Lipinski definition) is 8. The smallest absolute Gasteiger partial charge is 0.308 e. The summed E-state index contributed by atoms with van der Waals surface area (Å²) in [4.78, 5) is 40.0. The molecule has 0 spiro atoms. The fraction of sp³-hybridized carbons (Fsp3) is 0.464. The maximum atomic E-state index is 13.5. The number of nitrogens with two attached hydrogens (primary N) is 1. The quantitative estimate of drug-likeness (QED) is 0.183. The van der Waals surface area contributed by atoms with E-state index in [1.165, 1.54) is 17.0 Å². The highest BCUT2D eigenvalue weighted by molar-refractivity contribution is 6.35. The average Bonchev–Trinajstić information content (AvgIpc) is 3.09. The number of fused-ring (bicyclic) bond motifs is 1. The molecule has 0 saturated carbocycles. The number of carbonyl (C=O) groups is 3. The van der Waals surface area contributed by atoms with Crippen molar-refractivity contribution in [3.05, 3.63) is 52.6 Å². The predicted molar refractivity (Wildman–Crippen MR) is 140 cm³/mol. The first kappa shape index (κ1) is 28.1. The molecule has 0 bridgehead atoms. The van der Waals surface area contributed by atoms with Crippen molar-refractivity contribution in [1.82, 2.24) is 0 Å². The molecule has 2 aromatic carbocycles. The van der Waals surface area contributed by atoms with Crippen molar-refractivity contribution in [3.8, 4) is 5.75 Å². The molecule has 0 atom stereocenters. The molecule has 2 amide bonds. The van der Waals surface area contributed by atoms with Crippen molar-refractivity contribution in [2.75, 3.05) is 50.8 Å². The number of amides is 2. The van der Waals surface area contributed by atoms with Crippen LogP contribution in [0.25, 0.3) is 0 Å². The number of para-hydroxylation sites is 1. The van der Waals surface area contributed by atoms with Gasteiger partial charge in [0.2, 0.25) is 0 Å². The number of hydrogen-bond donors (Lipinski definition) is 1. The van der Waals surface area contributed by atoms with Crippen LogP contribution in [-0.2, 0) is 19.0 Å². The SMILES string of the molecule is COCCOCCC(=O)OCCOc1cc2c(cc1N)C(=O)N(c1c(C(C)C)cccc1C(C)C)C2=O. The number of methoxy groups -OCH3 is 1. The monoisotopic (exact) mass is 512 g/mol. The average molecular weight is 513 g/mol. The molecule has 2 aromatic rings. The standard InChI is InChI=1S/C28H36N2O7/c1-17(2)19-7-6-8-20(18(3)4)26(19)30-27(32)21-15-23(29)24(16-22(21)28(30)33)36-13-14-37-25(31)9-10-35-12-11-34-5/h6-8,15-18H,9-14,29H2,1-5H3. The van der Waals surface area contributed by atoms with Gasteiger partial charge in [0, 0.05) is 7.11 Å². The number of rotatable bonds is 13. The van der Waals surface area contributed by atoms with Crippen molar-refractivity contribution in [2.45, 2.75) is 46.0 Å². The molecule has 9 nitrogen and oxygen atoms in total. The van der Waals surface area contributed by atoms with Crippen LogP contribution in [0.1, 0.15) is 77.8 Å². The van der Waals surface area contributed by atoms with Gasteiger partial charge in [-0.15, -0.1) is 0 Å². The van der Waals surface area contributed by atoms with E-state index in [-0.39, 0.29) is 60.6 Å². The molecule has 1 aliphatic rings. The lowest BCUT2D eigenvalue weighted by Gasteiger charge is -2.25.